The number of thiophene rings is 1. The van der Waals surface area contributed by atoms with Gasteiger partial charge in [0.25, 0.3) is 0 Å². The highest BCUT2D eigenvalue weighted by Gasteiger charge is 2.18. The number of esters is 1. The molecule has 0 saturated heterocycles. The van der Waals surface area contributed by atoms with Gasteiger partial charge in [-0.05, 0) is 30.5 Å². The summed E-state index contributed by atoms with van der Waals surface area (Å²) in [5.41, 5.74) is 4.63. The molecule has 4 rings (SSSR count). The van der Waals surface area contributed by atoms with Crippen molar-refractivity contribution in [3.8, 4) is 22.3 Å². The molecule has 0 amide bonds. The summed E-state index contributed by atoms with van der Waals surface area (Å²) in [6.07, 6.45) is 1.93. The van der Waals surface area contributed by atoms with Crippen LogP contribution in [0, 0.1) is 0 Å². The lowest BCUT2D eigenvalue weighted by atomic mass is 10.0. The number of benzene rings is 2. The summed E-state index contributed by atoms with van der Waals surface area (Å²) in [5, 5.41) is 3.17. The molecule has 158 valence electrons. The minimum absolute atomic E-state index is 0.187. The van der Waals surface area contributed by atoms with Crippen molar-refractivity contribution in [3.63, 3.8) is 0 Å². The van der Waals surface area contributed by atoms with Gasteiger partial charge in [0.05, 0.1) is 18.4 Å². The van der Waals surface area contributed by atoms with Crippen LogP contribution in [0.5, 0.6) is 0 Å². The number of anilines is 1. The van der Waals surface area contributed by atoms with Crippen LogP contribution in [0.1, 0.15) is 20.3 Å². The maximum atomic E-state index is 11.9. The van der Waals surface area contributed by atoms with Crippen molar-refractivity contribution >= 4 is 33.3 Å². The van der Waals surface area contributed by atoms with Crippen LogP contribution in [-0.4, -0.2) is 35.6 Å². The average molecular weight is 432 g/mol. The van der Waals surface area contributed by atoms with Crippen molar-refractivity contribution < 1.29 is 9.53 Å². The summed E-state index contributed by atoms with van der Waals surface area (Å²) in [6.45, 7) is 5.59. The zero-order valence-electron chi connectivity index (χ0n) is 17.7. The molecule has 0 aliphatic rings. The van der Waals surface area contributed by atoms with Crippen LogP contribution in [-0.2, 0) is 9.53 Å². The number of hydrogen-bond acceptors (Lipinski definition) is 6. The summed E-state index contributed by atoms with van der Waals surface area (Å²) >= 11 is 1.61. The summed E-state index contributed by atoms with van der Waals surface area (Å²) < 4.78 is 5.09. The van der Waals surface area contributed by atoms with E-state index in [0.717, 1.165) is 33.7 Å². The van der Waals surface area contributed by atoms with Crippen LogP contribution >= 0.6 is 11.3 Å². The van der Waals surface area contributed by atoms with E-state index in [-0.39, 0.29) is 5.97 Å². The van der Waals surface area contributed by atoms with Gasteiger partial charge in [-0.3, -0.25) is 4.79 Å². The number of ether oxygens (including phenoxy) is 1. The van der Waals surface area contributed by atoms with Gasteiger partial charge in [-0.1, -0.05) is 54.6 Å². The maximum absolute atomic E-state index is 11.9. The first-order valence-electron chi connectivity index (χ1n) is 10.5. The predicted molar refractivity (Wildman–Crippen MR) is 127 cm³/mol. The lowest BCUT2D eigenvalue weighted by molar-refractivity contribution is -0.142. The van der Waals surface area contributed by atoms with E-state index in [2.05, 4.69) is 75.7 Å². The fourth-order valence-electron chi connectivity index (χ4n) is 3.66. The first-order valence-corrected chi connectivity index (χ1v) is 11.4. The molecule has 0 aliphatic carbocycles. The molecule has 0 bridgehead atoms. The number of carbonyl (C=O) groups excluding carboxylic acids is 1. The van der Waals surface area contributed by atoms with Crippen molar-refractivity contribution in [1.29, 1.82) is 0 Å². The number of aromatic nitrogens is 2. The van der Waals surface area contributed by atoms with E-state index >= 15 is 0 Å². The van der Waals surface area contributed by atoms with E-state index in [1.54, 1.807) is 17.7 Å². The smallest absolute Gasteiger partial charge is 0.307 e. The standard InChI is InChI=1S/C25H25N3O2S/c1-3-28(15-14-22(29)30-4-2)24-23-21(16-31-25(23)27-17-26-24)20-12-10-19(11-13-20)18-8-6-5-7-9-18/h5-13,16-17H,3-4,14-15H2,1-2H3. The Hall–Kier alpha value is -3.25. The molecule has 2 aromatic heterocycles. The van der Waals surface area contributed by atoms with Crippen LogP contribution in [0.25, 0.3) is 32.5 Å². The van der Waals surface area contributed by atoms with Gasteiger partial charge >= 0.3 is 5.97 Å². The van der Waals surface area contributed by atoms with E-state index < -0.39 is 0 Å². The van der Waals surface area contributed by atoms with Gasteiger partial charge in [0.15, 0.2) is 0 Å². The highest BCUT2D eigenvalue weighted by Crippen LogP contribution is 2.38. The number of fused-ring (bicyclic) bond motifs is 1. The highest BCUT2D eigenvalue weighted by molar-refractivity contribution is 7.17. The molecule has 0 radical (unpaired) electrons. The Morgan fingerprint density at radius 1 is 0.968 bits per heavy atom. The second-order valence-corrected chi connectivity index (χ2v) is 7.96. The fraction of sp³-hybridized carbons (Fsp3) is 0.240. The topological polar surface area (TPSA) is 55.3 Å². The number of hydrogen-bond donors (Lipinski definition) is 0. The third kappa shape index (κ3) is 4.59. The van der Waals surface area contributed by atoms with Crippen LogP contribution in [0.2, 0.25) is 0 Å². The Labute approximate surface area is 186 Å². The monoisotopic (exact) mass is 431 g/mol. The Morgan fingerprint density at radius 3 is 2.39 bits per heavy atom. The zero-order valence-corrected chi connectivity index (χ0v) is 18.6. The quantitative estimate of drug-likeness (QED) is 0.330. The van der Waals surface area contributed by atoms with Gasteiger partial charge in [-0.2, -0.15) is 0 Å². The molecule has 0 unspecified atom stereocenters. The van der Waals surface area contributed by atoms with Crippen molar-refractivity contribution in [2.75, 3.05) is 24.6 Å². The number of rotatable bonds is 8. The SMILES string of the molecule is CCOC(=O)CCN(CC)c1ncnc2scc(-c3ccc(-c4ccccc4)cc3)c12. The minimum Gasteiger partial charge on any atom is -0.466 e. The third-order valence-electron chi connectivity index (χ3n) is 5.23. The molecule has 2 aromatic carbocycles. The van der Waals surface area contributed by atoms with Gasteiger partial charge in [0, 0.05) is 24.0 Å². The fourth-order valence-corrected chi connectivity index (χ4v) is 4.57. The molecule has 0 aliphatic heterocycles. The maximum Gasteiger partial charge on any atom is 0.307 e. The second kappa shape index (κ2) is 9.71. The molecule has 0 fully saturated rings. The molecule has 2 heterocycles. The van der Waals surface area contributed by atoms with Crippen molar-refractivity contribution in [1.82, 2.24) is 9.97 Å². The summed E-state index contributed by atoms with van der Waals surface area (Å²) in [7, 11) is 0. The third-order valence-corrected chi connectivity index (χ3v) is 6.11. The normalized spacial score (nSPS) is 10.9. The highest BCUT2D eigenvalue weighted by atomic mass is 32.1. The van der Waals surface area contributed by atoms with E-state index in [1.165, 1.54) is 11.1 Å². The summed E-state index contributed by atoms with van der Waals surface area (Å²) in [5.74, 6) is 0.675. The number of nitrogens with zero attached hydrogens (tertiary/aromatic N) is 3. The molecule has 4 aromatic rings. The largest absolute Gasteiger partial charge is 0.466 e. The Morgan fingerprint density at radius 2 is 1.68 bits per heavy atom. The minimum atomic E-state index is -0.187. The zero-order chi connectivity index (χ0) is 21.6. The van der Waals surface area contributed by atoms with Gasteiger partial charge in [0.2, 0.25) is 0 Å². The molecular formula is C25H25N3O2S. The average Bonchev–Trinajstić information content (AvgIpc) is 3.25. The summed E-state index contributed by atoms with van der Waals surface area (Å²) in [4.78, 5) is 24.0. The number of carbonyl (C=O) groups is 1. The lowest BCUT2D eigenvalue weighted by Crippen LogP contribution is -2.27. The van der Waals surface area contributed by atoms with Crippen LogP contribution in [0.15, 0.2) is 66.3 Å². The molecule has 0 saturated carbocycles. The van der Waals surface area contributed by atoms with E-state index in [9.17, 15) is 4.79 Å². The molecule has 5 nitrogen and oxygen atoms in total. The van der Waals surface area contributed by atoms with Gasteiger partial charge < -0.3 is 9.64 Å². The molecule has 0 spiro atoms. The molecule has 0 N–H and O–H groups in total. The van der Waals surface area contributed by atoms with Crippen molar-refractivity contribution in [2.24, 2.45) is 0 Å². The van der Waals surface area contributed by atoms with Crippen LogP contribution in [0.3, 0.4) is 0 Å². The Balaban J connectivity index is 1.67. The first-order chi connectivity index (χ1) is 15.2. The summed E-state index contributed by atoms with van der Waals surface area (Å²) in [6, 6.07) is 19.0. The predicted octanol–water partition coefficient (Wildman–Crippen LogP) is 5.80. The second-order valence-electron chi connectivity index (χ2n) is 7.10. The van der Waals surface area contributed by atoms with Crippen LogP contribution < -0.4 is 4.90 Å². The lowest BCUT2D eigenvalue weighted by Gasteiger charge is -2.22. The van der Waals surface area contributed by atoms with E-state index in [1.807, 2.05) is 13.0 Å². The Kier molecular flexibility index (Phi) is 6.57. The van der Waals surface area contributed by atoms with Crippen LogP contribution in [0.4, 0.5) is 5.82 Å². The molecule has 31 heavy (non-hydrogen) atoms. The van der Waals surface area contributed by atoms with E-state index in [0.29, 0.717) is 19.6 Å². The Bertz CT molecular complexity index is 1160. The van der Waals surface area contributed by atoms with Gasteiger partial charge in [0.1, 0.15) is 17.0 Å². The van der Waals surface area contributed by atoms with Gasteiger partial charge in [-0.15, -0.1) is 11.3 Å². The van der Waals surface area contributed by atoms with Crippen molar-refractivity contribution in [3.05, 3.63) is 66.3 Å². The molecular weight excluding hydrogens is 406 g/mol. The molecule has 0 atom stereocenters. The van der Waals surface area contributed by atoms with E-state index in [4.69, 9.17) is 4.74 Å². The van der Waals surface area contributed by atoms with Crippen molar-refractivity contribution in [2.45, 2.75) is 20.3 Å². The first kappa shape index (κ1) is 21.0. The van der Waals surface area contributed by atoms with Gasteiger partial charge in [-0.25, -0.2) is 9.97 Å². The molecule has 6 heteroatoms.